The van der Waals surface area contributed by atoms with Crippen molar-refractivity contribution in [1.29, 1.82) is 0 Å². The lowest BCUT2D eigenvalue weighted by Gasteiger charge is -2.18. The number of aliphatic carboxylic acids is 1. The highest BCUT2D eigenvalue weighted by atomic mass is 16.4. The van der Waals surface area contributed by atoms with Crippen LogP contribution in [0.2, 0.25) is 0 Å². The van der Waals surface area contributed by atoms with Gasteiger partial charge in [0.25, 0.3) is 5.91 Å². The molecule has 5 N–H and O–H groups in total. The number of rotatable bonds is 7. The van der Waals surface area contributed by atoms with E-state index in [1.54, 1.807) is 0 Å². The van der Waals surface area contributed by atoms with Gasteiger partial charge in [-0.1, -0.05) is 0 Å². The van der Waals surface area contributed by atoms with Crippen molar-refractivity contribution in [3.05, 3.63) is 18.2 Å². The first-order chi connectivity index (χ1) is 9.38. The molecular formula is C11H14N4O5. The van der Waals surface area contributed by atoms with Crippen LogP contribution in [0, 0.1) is 5.92 Å². The number of amides is 1. The molecule has 0 saturated heterocycles. The maximum Gasteiger partial charge on any atom is 0.321 e. The van der Waals surface area contributed by atoms with Gasteiger partial charge in [-0.15, -0.1) is 0 Å². The lowest BCUT2D eigenvalue weighted by Crippen LogP contribution is -2.50. The molecule has 0 aliphatic carbocycles. The number of Topliss-reactive ketones (excluding diaryl/α,β-unsaturated/α-hetero) is 1. The first-order valence-electron chi connectivity index (χ1n) is 5.66. The van der Waals surface area contributed by atoms with Crippen molar-refractivity contribution in [2.45, 2.75) is 19.0 Å². The smallest absolute Gasteiger partial charge is 0.321 e. The van der Waals surface area contributed by atoms with E-state index in [1.807, 2.05) is 0 Å². The number of aromatic amines is 1. The molecule has 0 fully saturated rings. The van der Waals surface area contributed by atoms with Gasteiger partial charge in [0.1, 0.15) is 18.2 Å². The van der Waals surface area contributed by atoms with Crippen molar-refractivity contribution in [3.63, 3.8) is 0 Å². The van der Waals surface area contributed by atoms with Gasteiger partial charge in [0.05, 0.1) is 6.04 Å². The molecule has 1 aromatic rings. The van der Waals surface area contributed by atoms with Crippen LogP contribution in [-0.2, 0) is 14.4 Å². The topological polar surface area (TPSA) is 155 Å². The highest BCUT2D eigenvalue weighted by Crippen LogP contribution is 2.05. The van der Waals surface area contributed by atoms with Crippen molar-refractivity contribution < 1.29 is 24.3 Å². The fourth-order valence-electron chi connectivity index (χ4n) is 1.50. The number of carboxylic acid groups (broad SMARTS) is 1. The van der Waals surface area contributed by atoms with Crippen LogP contribution >= 0.6 is 0 Å². The fourth-order valence-corrected chi connectivity index (χ4v) is 1.50. The number of imidazole rings is 1. The Bertz CT molecular complexity index is 513. The molecule has 1 aromatic heterocycles. The van der Waals surface area contributed by atoms with E-state index >= 15 is 0 Å². The molecule has 1 rings (SSSR count). The highest BCUT2D eigenvalue weighted by molar-refractivity contribution is 6.03. The Morgan fingerprint density at radius 3 is 2.60 bits per heavy atom. The van der Waals surface area contributed by atoms with E-state index in [-0.39, 0.29) is 12.1 Å². The fraction of sp³-hybridized carbons (Fsp3) is 0.364. The van der Waals surface area contributed by atoms with Gasteiger partial charge in [-0.05, 0) is 6.92 Å². The molecule has 0 aliphatic rings. The largest absolute Gasteiger partial charge is 0.480 e. The Morgan fingerprint density at radius 1 is 1.50 bits per heavy atom. The summed E-state index contributed by atoms with van der Waals surface area (Å²) in [5, 5.41) is 11.0. The minimum atomic E-state index is -1.65. The molecule has 3 atom stereocenters. The van der Waals surface area contributed by atoms with Crippen molar-refractivity contribution in [2.75, 3.05) is 0 Å². The summed E-state index contributed by atoms with van der Waals surface area (Å²) in [6.45, 7) is 1.33. The quantitative estimate of drug-likeness (QED) is 0.344. The number of hydrogen-bond acceptors (Lipinski definition) is 6. The van der Waals surface area contributed by atoms with E-state index in [2.05, 4.69) is 15.3 Å². The van der Waals surface area contributed by atoms with Crippen molar-refractivity contribution in [2.24, 2.45) is 11.7 Å². The Labute approximate surface area is 113 Å². The monoisotopic (exact) mass is 282 g/mol. The molecule has 0 bridgehead atoms. The summed E-state index contributed by atoms with van der Waals surface area (Å²) < 4.78 is 0. The number of nitrogens with two attached hydrogens (primary N) is 1. The number of hydrogen-bond donors (Lipinski definition) is 4. The molecule has 1 unspecified atom stereocenters. The van der Waals surface area contributed by atoms with Crippen LogP contribution in [0.15, 0.2) is 12.4 Å². The summed E-state index contributed by atoms with van der Waals surface area (Å²) in [5.41, 5.74) is 5.25. The number of aldehydes is 1. The number of nitrogens with zero attached hydrogens (tertiary/aromatic N) is 1. The summed E-state index contributed by atoms with van der Waals surface area (Å²) in [5.74, 6) is -4.44. The number of ketones is 1. The first-order valence-corrected chi connectivity index (χ1v) is 5.66. The number of carbonyl (C=O) groups excluding carboxylic acids is 3. The summed E-state index contributed by atoms with van der Waals surface area (Å²) in [6, 6.07) is -2.73. The number of carbonyl (C=O) groups is 4. The number of H-pyrrole nitrogens is 1. The zero-order valence-corrected chi connectivity index (χ0v) is 10.6. The molecule has 0 aromatic carbocycles. The third-order valence-corrected chi connectivity index (χ3v) is 2.63. The standard InChI is InChI=1S/C11H14N4O5/c1-5(15-10(18)9-13-2-3-14-9)8(17)6(4-16)7(12)11(19)20/h2-7H,12H2,1H3,(H,13,14)(H,15,18)(H,19,20)/t5-,6+,7?/m0/s1. The molecular weight excluding hydrogens is 268 g/mol. The van der Waals surface area contributed by atoms with Crippen LogP contribution in [0.4, 0.5) is 0 Å². The first kappa shape index (κ1) is 15.5. The second-order valence-electron chi connectivity index (χ2n) is 4.06. The van der Waals surface area contributed by atoms with E-state index in [0.717, 1.165) is 0 Å². The van der Waals surface area contributed by atoms with Gasteiger partial charge >= 0.3 is 5.97 Å². The third-order valence-electron chi connectivity index (χ3n) is 2.63. The zero-order chi connectivity index (χ0) is 15.3. The van der Waals surface area contributed by atoms with Crippen molar-refractivity contribution in [3.8, 4) is 0 Å². The molecule has 9 heteroatoms. The number of nitrogens with one attached hydrogen (secondary N) is 2. The van der Waals surface area contributed by atoms with Crippen LogP contribution in [0.1, 0.15) is 17.5 Å². The second kappa shape index (κ2) is 6.57. The van der Waals surface area contributed by atoms with Gasteiger partial charge in [-0.3, -0.25) is 14.4 Å². The SMILES string of the molecule is C[C@H](NC(=O)c1ncc[nH]1)C(=O)[C@H](C=O)C(N)C(=O)O. The Kier molecular flexibility index (Phi) is 5.09. The van der Waals surface area contributed by atoms with Crippen molar-refractivity contribution >= 4 is 23.9 Å². The zero-order valence-electron chi connectivity index (χ0n) is 10.6. The molecule has 1 heterocycles. The van der Waals surface area contributed by atoms with Crippen LogP contribution < -0.4 is 11.1 Å². The summed E-state index contributed by atoms with van der Waals surface area (Å²) in [6.07, 6.45) is 2.95. The lowest BCUT2D eigenvalue weighted by molar-refractivity contribution is -0.144. The van der Waals surface area contributed by atoms with E-state index in [4.69, 9.17) is 10.8 Å². The minimum absolute atomic E-state index is 0.00478. The van der Waals surface area contributed by atoms with Crippen molar-refractivity contribution in [1.82, 2.24) is 15.3 Å². The molecule has 0 aliphatic heterocycles. The second-order valence-corrected chi connectivity index (χ2v) is 4.06. The van der Waals surface area contributed by atoms with Gasteiger partial charge in [-0.25, -0.2) is 4.98 Å². The average Bonchev–Trinajstić information content (AvgIpc) is 2.92. The van der Waals surface area contributed by atoms with Gasteiger partial charge in [0.15, 0.2) is 11.6 Å². The van der Waals surface area contributed by atoms with Crippen LogP contribution in [0.25, 0.3) is 0 Å². The predicted octanol–water partition coefficient (Wildman–Crippen LogP) is -1.68. The van der Waals surface area contributed by atoms with Gasteiger partial charge in [0.2, 0.25) is 0 Å². The van der Waals surface area contributed by atoms with Crippen LogP contribution in [-0.4, -0.2) is 51.1 Å². The molecule has 0 spiro atoms. The Balaban J connectivity index is 2.73. The van der Waals surface area contributed by atoms with E-state index in [0.29, 0.717) is 0 Å². The number of aromatic nitrogens is 2. The van der Waals surface area contributed by atoms with Gasteiger partial charge in [-0.2, -0.15) is 0 Å². The van der Waals surface area contributed by atoms with Gasteiger partial charge in [0, 0.05) is 12.4 Å². The summed E-state index contributed by atoms with van der Waals surface area (Å²) in [7, 11) is 0. The summed E-state index contributed by atoms with van der Waals surface area (Å²) in [4.78, 5) is 51.3. The predicted molar refractivity (Wildman–Crippen MR) is 65.7 cm³/mol. The maximum atomic E-state index is 11.9. The Morgan fingerprint density at radius 2 is 2.15 bits per heavy atom. The molecule has 0 saturated carbocycles. The molecule has 0 radical (unpaired) electrons. The molecule has 20 heavy (non-hydrogen) atoms. The van der Waals surface area contributed by atoms with Gasteiger partial charge < -0.3 is 25.9 Å². The molecule has 108 valence electrons. The van der Waals surface area contributed by atoms with Crippen LogP contribution in [0.5, 0.6) is 0 Å². The van der Waals surface area contributed by atoms with E-state index in [1.165, 1.54) is 19.3 Å². The Hall–Kier alpha value is -2.55. The number of carboxylic acids is 1. The lowest BCUT2D eigenvalue weighted by atomic mass is 9.93. The third kappa shape index (κ3) is 3.48. The average molecular weight is 282 g/mol. The normalized spacial score (nSPS) is 14.9. The maximum absolute atomic E-state index is 11.9. The van der Waals surface area contributed by atoms with E-state index in [9.17, 15) is 19.2 Å². The minimum Gasteiger partial charge on any atom is -0.480 e. The van der Waals surface area contributed by atoms with E-state index < -0.39 is 35.7 Å². The molecule has 1 amide bonds. The summed E-state index contributed by atoms with van der Waals surface area (Å²) >= 11 is 0. The highest BCUT2D eigenvalue weighted by Gasteiger charge is 2.33. The van der Waals surface area contributed by atoms with Crippen LogP contribution in [0.3, 0.4) is 0 Å². The molecule has 9 nitrogen and oxygen atoms in total.